The molecule has 192 valence electrons. The van der Waals surface area contributed by atoms with Crippen LogP contribution in [0, 0.1) is 11.8 Å². The summed E-state index contributed by atoms with van der Waals surface area (Å²) in [5.41, 5.74) is 2.11. The van der Waals surface area contributed by atoms with Crippen LogP contribution in [0.4, 0.5) is 0 Å². The molecule has 1 aliphatic rings. The van der Waals surface area contributed by atoms with Crippen LogP contribution in [-0.2, 0) is 4.74 Å². The molecule has 2 N–H and O–H groups in total. The van der Waals surface area contributed by atoms with Gasteiger partial charge in [0.1, 0.15) is 0 Å². The predicted octanol–water partition coefficient (Wildman–Crippen LogP) is 7.92. The van der Waals surface area contributed by atoms with Crippen molar-refractivity contribution in [2.45, 2.75) is 136 Å². The molecule has 0 aromatic rings. The fraction of sp³-hybridized carbons (Fsp3) is 0.800. The van der Waals surface area contributed by atoms with Crippen molar-refractivity contribution in [2.75, 3.05) is 6.61 Å². The second kappa shape index (κ2) is 16.7. The van der Waals surface area contributed by atoms with Gasteiger partial charge in [-0.2, -0.15) is 0 Å². The summed E-state index contributed by atoms with van der Waals surface area (Å²) >= 11 is 0. The van der Waals surface area contributed by atoms with E-state index in [-0.39, 0.29) is 18.1 Å². The fourth-order valence-corrected chi connectivity index (χ4v) is 4.65. The van der Waals surface area contributed by atoms with Crippen LogP contribution < -0.4 is 0 Å². The first kappa shape index (κ1) is 30.1. The van der Waals surface area contributed by atoms with Crippen LogP contribution in [-0.4, -0.2) is 34.6 Å². The lowest BCUT2D eigenvalue weighted by molar-refractivity contribution is -0.0111. The van der Waals surface area contributed by atoms with Crippen molar-refractivity contribution in [3.8, 4) is 0 Å². The van der Waals surface area contributed by atoms with Gasteiger partial charge in [-0.15, -0.1) is 0 Å². The minimum absolute atomic E-state index is 0.111. The molecule has 5 atom stereocenters. The number of hydrogen-bond acceptors (Lipinski definition) is 3. The number of rotatable bonds is 17. The van der Waals surface area contributed by atoms with Crippen LogP contribution in [0.25, 0.3) is 0 Å². The molecule has 3 nitrogen and oxygen atoms in total. The minimum atomic E-state index is -0.572. The molecule has 0 aliphatic heterocycles. The molecule has 0 fully saturated rings. The van der Waals surface area contributed by atoms with Crippen LogP contribution in [0.15, 0.2) is 35.5 Å². The third-order valence-corrected chi connectivity index (χ3v) is 7.33. The Morgan fingerprint density at radius 1 is 1.00 bits per heavy atom. The van der Waals surface area contributed by atoms with Crippen molar-refractivity contribution in [3.05, 3.63) is 35.5 Å². The molecule has 0 radical (unpaired) electrons. The van der Waals surface area contributed by atoms with Crippen LogP contribution >= 0.6 is 0 Å². The summed E-state index contributed by atoms with van der Waals surface area (Å²) in [5, 5.41) is 21.1. The highest BCUT2D eigenvalue weighted by Crippen LogP contribution is 2.34. The second-order valence-electron chi connectivity index (χ2n) is 10.7. The maximum Gasteiger partial charge on any atom is 0.0818 e. The number of unbranched alkanes of at least 4 members (excludes halogenated alkanes) is 4. The Bertz CT molecular complexity index is 602. The largest absolute Gasteiger partial charge is 0.390 e. The number of aliphatic hydroxyl groups is 2. The predicted molar refractivity (Wildman–Crippen MR) is 142 cm³/mol. The van der Waals surface area contributed by atoms with E-state index in [0.717, 1.165) is 64.4 Å². The van der Waals surface area contributed by atoms with Crippen molar-refractivity contribution >= 4 is 0 Å². The summed E-state index contributed by atoms with van der Waals surface area (Å²) in [6, 6.07) is 0. The van der Waals surface area contributed by atoms with Gasteiger partial charge >= 0.3 is 0 Å². The van der Waals surface area contributed by atoms with E-state index < -0.39 is 5.60 Å². The molecule has 33 heavy (non-hydrogen) atoms. The highest BCUT2D eigenvalue weighted by Gasteiger charge is 2.34. The second-order valence-corrected chi connectivity index (χ2v) is 10.7. The Morgan fingerprint density at radius 3 is 2.39 bits per heavy atom. The first-order chi connectivity index (χ1) is 15.7. The monoisotopic (exact) mass is 462 g/mol. The Kier molecular flexibility index (Phi) is 15.2. The van der Waals surface area contributed by atoms with Gasteiger partial charge in [-0.25, -0.2) is 0 Å². The van der Waals surface area contributed by atoms with Crippen molar-refractivity contribution in [3.63, 3.8) is 0 Å². The number of aliphatic hydroxyl groups excluding tert-OH is 1. The molecule has 0 saturated heterocycles. The summed E-state index contributed by atoms with van der Waals surface area (Å²) in [7, 11) is 0. The van der Waals surface area contributed by atoms with Gasteiger partial charge in [-0.3, -0.25) is 0 Å². The van der Waals surface area contributed by atoms with E-state index >= 15 is 0 Å². The zero-order valence-corrected chi connectivity index (χ0v) is 22.6. The van der Waals surface area contributed by atoms with Gasteiger partial charge in [-0.1, -0.05) is 76.8 Å². The van der Waals surface area contributed by atoms with E-state index in [0.29, 0.717) is 5.92 Å². The summed E-state index contributed by atoms with van der Waals surface area (Å²) in [6.45, 7) is 13.7. The summed E-state index contributed by atoms with van der Waals surface area (Å²) < 4.78 is 6.22. The number of allylic oxidation sites excluding steroid dienone is 4. The van der Waals surface area contributed by atoms with E-state index in [1.54, 1.807) is 0 Å². The first-order valence-electron chi connectivity index (χ1n) is 13.7. The summed E-state index contributed by atoms with van der Waals surface area (Å²) in [4.78, 5) is 0. The lowest BCUT2D eigenvalue weighted by Gasteiger charge is -2.37. The van der Waals surface area contributed by atoms with E-state index in [9.17, 15) is 10.2 Å². The van der Waals surface area contributed by atoms with Gasteiger partial charge in [0.2, 0.25) is 0 Å². The lowest BCUT2D eigenvalue weighted by Crippen LogP contribution is -2.38. The van der Waals surface area contributed by atoms with Crippen LogP contribution in [0.1, 0.15) is 119 Å². The number of hydrogen-bond donors (Lipinski definition) is 2. The average molecular weight is 463 g/mol. The molecule has 0 spiro atoms. The Balaban J connectivity index is 2.38. The normalized spacial score (nSPS) is 25.9. The van der Waals surface area contributed by atoms with E-state index in [1.807, 2.05) is 13.0 Å². The zero-order valence-electron chi connectivity index (χ0n) is 22.6. The molecule has 0 saturated carbocycles. The smallest absolute Gasteiger partial charge is 0.0818 e. The lowest BCUT2D eigenvalue weighted by atomic mass is 9.77. The van der Waals surface area contributed by atoms with E-state index in [2.05, 4.69) is 52.8 Å². The molecular formula is C30H54O3. The molecule has 1 aliphatic carbocycles. The van der Waals surface area contributed by atoms with Crippen molar-refractivity contribution in [2.24, 2.45) is 11.8 Å². The quantitative estimate of drug-likeness (QED) is 0.170. The van der Waals surface area contributed by atoms with E-state index in [4.69, 9.17) is 4.74 Å². The van der Waals surface area contributed by atoms with E-state index in [1.165, 1.54) is 30.4 Å². The third-order valence-electron chi connectivity index (χ3n) is 7.33. The third kappa shape index (κ3) is 12.4. The van der Waals surface area contributed by atoms with Crippen LogP contribution in [0.2, 0.25) is 0 Å². The van der Waals surface area contributed by atoms with Gasteiger partial charge in [0.25, 0.3) is 0 Å². The highest BCUT2D eigenvalue weighted by atomic mass is 16.5. The zero-order chi connectivity index (χ0) is 24.7. The maximum atomic E-state index is 10.7. The van der Waals surface area contributed by atoms with Gasteiger partial charge in [-0.05, 0) is 89.0 Å². The van der Waals surface area contributed by atoms with Gasteiger partial charge in [0, 0.05) is 6.61 Å². The summed E-state index contributed by atoms with van der Waals surface area (Å²) in [5.74, 6) is 0.549. The Hall–Kier alpha value is -0.900. The van der Waals surface area contributed by atoms with Crippen LogP contribution in [0.5, 0.6) is 0 Å². The summed E-state index contributed by atoms with van der Waals surface area (Å²) in [6.07, 6.45) is 21.2. The van der Waals surface area contributed by atoms with Crippen molar-refractivity contribution < 1.29 is 14.9 Å². The van der Waals surface area contributed by atoms with Gasteiger partial charge < -0.3 is 14.9 Å². The number of ether oxygens (including phenoxy) is 1. The van der Waals surface area contributed by atoms with Crippen molar-refractivity contribution in [1.29, 1.82) is 0 Å². The van der Waals surface area contributed by atoms with Crippen LogP contribution in [0.3, 0.4) is 0 Å². The molecule has 0 aromatic carbocycles. The molecule has 5 unspecified atom stereocenters. The molecule has 1 rings (SSSR count). The SMILES string of the molecule is CCCC/C=C(\C)CCCC(C)(O)CCC/C=C/CC1=CC(O)C(C)C(C)C1OCCCC. The Morgan fingerprint density at radius 2 is 1.70 bits per heavy atom. The average Bonchev–Trinajstić information content (AvgIpc) is 2.76. The van der Waals surface area contributed by atoms with Gasteiger partial charge in [0.05, 0.1) is 17.8 Å². The molecule has 0 heterocycles. The minimum Gasteiger partial charge on any atom is -0.390 e. The molecule has 0 amide bonds. The fourth-order valence-electron chi connectivity index (χ4n) is 4.65. The first-order valence-corrected chi connectivity index (χ1v) is 13.7. The molecule has 0 bridgehead atoms. The molecule has 0 aromatic heterocycles. The highest BCUT2D eigenvalue weighted by molar-refractivity contribution is 5.20. The maximum absolute atomic E-state index is 10.7. The van der Waals surface area contributed by atoms with Gasteiger partial charge in [0.15, 0.2) is 0 Å². The Labute approximate surface area is 205 Å². The molecular weight excluding hydrogens is 408 g/mol. The standard InChI is InChI=1S/C30H54O3/c1-7-9-13-17-24(3)18-16-21-30(6,32)20-15-12-11-14-19-27-23-28(31)25(4)26(5)29(27)33-22-10-8-2/h11,14,17,23,25-26,28-29,31-32H,7-10,12-13,15-16,18-22H2,1-6H3/b14-11+,24-17+. The molecule has 3 heteroatoms. The topological polar surface area (TPSA) is 49.7 Å². The van der Waals surface area contributed by atoms with Crippen molar-refractivity contribution in [1.82, 2.24) is 0 Å².